The second-order valence-electron chi connectivity index (χ2n) is 4.14. The first-order valence-electron chi connectivity index (χ1n) is 5.53. The van der Waals surface area contributed by atoms with Gasteiger partial charge < -0.3 is 9.73 Å². The lowest BCUT2D eigenvalue weighted by molar-refractivity contribution is 0.471. The average Bonchev–Trinajstić information content (AvgIpc) is 2.86. The Labute approximate surface area is 100 Å². The first-order chi connectivity index (χ1) is 8.12. The van der Waals surface area contributed by atoms with Crippen molar-refractivity contribution in [2.45, 2.75) is 24.6 Å². The molecule has 1 aromatic rings. The van der Waals surface area contributed by atoms with Crippen LogP contribution in [0.2, 0.25) is 0 Å². The minimum atomic E-state index is -2.89. The summed E-state index contributed by atoms with van der Waals surface area (Å²) in [6, 6.07) is 5.22. The summed E-state index contributed by atoms with van der Waals surface area (Å²) in [4.78, 5) is 0. The molecule has 1 N–H and O–H groups in total. The summed E-state index contributed by atoms with van der Waals surface area (Å²) in [6.07, 6.45) is 1.49. The molecular formula is C11H14N2O3S. The van der Waals surface area contributed by atoms with E-state index in [1.807, 2.05) is 6.07 Å². The molecule has 1 aliphatic heterocycles. The Morgan fingerprint density at radius 1 is 1.53 bits per heavy atom. The van der Waals surface area contributed by atoms with Gasteiger partial charge in [-0.15, -0.1) is 0 Å². The minimum absolute atomic E-state index is 0.270. The molecule has 2 rings (SSSR count). The predicted molar refractivity (Wildman–Crippen MR) is 61.9 cm³/mol. The Morgan fingerprint density at radius 2 is 2.35 bits per heavy atom. The van der Waals surface area contributed by atoms with Crippen molar-refractivity contribution in [1.29, 1.82) is 5.26 Å². The number of rotatable bonds is 4. The van der Waals surface area contributed by atoms with Crippen molar-refractivity contribution in [3.63, 3.8) is 0 Å². The van der Waals surface area contributed by atoms with Crippen LogP contribution in [-0.4, -0.2) is 26.0 Å². The van der Waals surface area contributed by atoms with Crippen LogP contribution in [0.3, 0.4) is 0 Å². The molecule has 1 fully saturated rings. The van der Waals surface area contributed by atoms with E-state index in [1.165, 1.54) is 0 Å². The van der Waals surface area contributed by atoms with E-state index >= 15 is 0 Å². The molecule has 0 saturated carbocycles. The SMILES string of the molecule is N#Cc1ccc(CNCC2CCCS2(=O)=O)o1. The van der Waals surface area contributed by atoms with Crippen LogP contribution in [0.15, 0.2) is 16.5 Å². The average molecular weight is 254 g/mol. The fourth-order valence-corrected chi connectivity index (χ4v) is 3.78. The van der Waals surface area contributed by atoms with E-state index in [0.29, 0.717) is 24.6 Å². The standard InChI is InChI=1S/C11H14N2O3S/c12-6-9-3-4-10(16-9)7-13-8-11-2-1-5-17(11,14)15/h3-4,11,13H,1-2,5,7-8H2. The Balaban J connectivity index is 1.82. The first-order valence-corrected chi connectivity index (χ1v) is 7.24. The molecule has 1 unspecified atom stereocenters. The van der Waals surface area contributed by atoms with Gasteiger partial charge in [-0.05, 0) is 25.0 Å². The van der Waals surface area contributed by atoms with E-state index in [4.69, 9.17) is 9.68 Å². The smallest absolute Gasteiger partial charge is 0.203 e. The van der Waals surface area contributed by atoms with Gasteiger partial charge in [0.1, 0.15) is 11.8 Å². The van der Waals surface area contributed by atoms with Crippen molar-refractivity contribution in [2.75, 3.05) is 12.3 Å². The van der Waals surface area contributed by atoms with Gasteiger partial charge in [0.05, 0.1) is 17.5 Å². The van der Waals surface area contributed by atoms with Crippen molar-refractivity contribution in [1.82, 2.24) is 5.32 Å². The number of nitrogens with one attached hydrogen (secondary N) is 1. The molecule has 6 heteroatoms. The van der Waals surface area contributed by atoms with Crippen molar-refractivity contribution in [2.24, 2.45) is 0 Å². The Bertz CT molecular complexity index is 527. The predicted octanol–water partition coefficient (Wildman–Crippen LogP) is 0.818. The lowest BCUT2D eigenvalue weighted by Gasteiger charge is -2.09. The summed E-state index contributed by atoms with van der Waals surface area (Å²) in [5.74, 6) is 1.23. The zero-order valence-corrected chi connectivity index (χ0v) is 10.2. The molecule has 92 valence electrons. The number of sulfone groups is 1. The van der Waals surface area contributed by atoms with E-state index in [9.17, 15) is 8.42 Å². The molecular weight excluding hydrogens is 240 g/mol. The van der Waals surface area contributed by atoms with Gasteiger partial charge in [-0.2, -0.15) is 5.26 Å². The zero-order valence-electron chi connectivity index (χ0n) is 9.35. The molecule has 1 saturated heterocycles. The molecule has 0 aromatic carbocycles. The Hall–Kier alpha value is -1.32. The third-order valence-corrected chi connectivity index (χ3v) is 5.18. The topological polar surface area (TPSA) is 83.1 Å². The quantitative estimate of drug-likeness (QED) is 0.860. The van der Waals surface area contributed by atoms with Gasteiger partial charge in [0, 0.05) is 6.54 Å². The molecule has 1 aliphatic rings. The van der Waals surface area contributed by atoms with E-state index in [1.54, 1.807) is 12.1 Å². The maximum Gasteiger partial charge on any atom is 0.203 e. The van der Waals surface area contributed by atoms with Gasteiger partial charge in [0.25, 0.3) is 0 Å². The lowest BCUT2D eigenvalue weighted by Crippen LogP contribution is -2.30. The highest BCUT2D eigenvalue weighted by Gasteiger charge is 2.30. The highest BCUT2D eigenvalue weighted by Crippen LogP contribution is 2.19. The molecule has 0 amide bonds. The number of hydrogen-bond donors (Lipinski definition) is 1. The normalized spacial score (nSPS) is 22.4. The maximum absolute atomic E-state index is 11.5. The molecule has 1 atom stereocenters. The molecule has 2 heterocycles. The molecule has 0 aliphatic carbocycles. The summed E-state index contributed by atoms with van der Waals surface area (Å²) in [5, 5.41) is 11.4. The summed E-state index contributed by atoms with van der Waals surface area (Å²) in [5.41, 5.74) is 0. The second kappa shape index (κ2) is 4.90. The fourth-order valence-electron chi connectivity index (χ4n) is 1.98. The highest BCUT2D eigenvalue weighted by molar-refractivity contribution is 7.92. The van der Waals surface area contributed by atoms with Crippen LogP contribution in [0, 0.1) is 11.3 Å². The molecule has 1 aromatic heterocycles. The third kappa shape index (κ3) is 2.87. The number of nitrogens with zero attached hydrogens (tertiary/aromatic N) is 1. The van der Waals surface area contributed by atoms with Crippen LogP contribution in [0.5, 0.6) is 0 Å². The molecule has 0 spiro atoms. The van der Waals surface area contributed by atoms with Gasteiger partial charge in [-0.1, -0.05) is 0 Å². The van der Waals surface area contributed by atoms with Gasteiger partial charge >= 0.3 is 0 Å². The Kier molecular flexibility index (Phi) is 3.50. The van der Waals surface area contributed by atoms with Crippen LogP contribution < -0.4 is 5.32 Å². The van der Waals surface area contributed by atoms with Gasteiger partial charge in [0.15, 0.2) is 9.84 Å². The van der Waals surface area contributed by atoms with E-state index in [2.05, 4.69) is 5.32 Å². The van der Waals surface area contributed by atoms with E-state index < -0.39 is 9.84 Å². The Morgan fingerprint density at radius 3 is 2.94 bits per heavy atom. The van der Waals surface area contributed by atoms with Gasteiger partial charge in [-0.3, -0.25) is 0 Å². The van der Waals surface area contributed by atoms with Crippen molar-refractivity contribution < 1.29 is 12.8 Å². The monoisotopic (exact) mass is 254 g/mol. The van der Waals surface area contributed by atoms with Crippen molar-refractivity contribution in [3.8, 4) is 6.07 Å². The minimum Gasteiger partial charge on any atom is -0.449 e. The summed E-state index contributed by atoms with van der Waals surface area (Å²) >= 11 is 0. The van der Waals surface area contributed by atoms with E-state index in [0.717, 1.165) is 12.8 Å². The van der Waals surface area contributed by atoms with Crippen LogP contribution in [-0.2, 0) is 16.4 Å². The van der Waals surface area contributed by atoms with Crippen molar-refractivity contribution in [3.05, 3.63) is 23.7 Å². The second-order valence-corrected chi connectivity index (χ2v) is 6.54. The molecule has 0 bridgehead atoms. The van der Waals surface area contributed by atoms with E-state index in [-0.39, 0.29) is 11.0 Å². The van der Waals surface area contributed by atoms with Crippen molar-refractivity contribution >= 4 is 9.84 Å². The largest absolute Gasteiger partial charge is 0.449 e. The van der Waals surface area contributed by atoms with Gasteiger partial charge in [-0.25, -0.2) is 8.42 Å². The molecule has 17 heavy (non-hydrogen) atoms. The maximum atomic E-state index is 11.5. The van der Waals surface area contributed by atoms with Gasteiger partial charge in [0.2, 0.25) is 5.76 Å². The van der Waals surface area contributed by atoms with Crippen LogP contribution >= 0.6 is 0 Å². The van der Waals surface area contributed by atoms with Crippen LogP contribution in [0.1, 0.15) is 24.4 Å². The highest BCUT2D eigenvalue weighted by atomic mass is 32.2. The first kappa shape index (κ1) is 12.1. The molecule has 0 radical (unpaired) electrons. The lowest BCUT2D eigenvalue weighted by atomic mass is 10.2. The van der Waals surface area contributed by atoms with Crippen LogP contribution in [0.25, 0.3) is 0 Å². The number of hydrogen-bond acceptors (Lipinski definition) is 5. The van der Waals surface area contributed by atoms with Crippen LogP contribution in [0.4, 0.5) is 0 Å². The summed E-state index contributed by atoms with van der Waals surface area (Å²) < 4.78 is 28.3. The summed E-state index contributed by atoms with van der Waals surface area (Å²) in [7, 11) is -2.89. The molecule has 5 nitrogen and oxygen atoms in total. The fraction of sp³-hybridized carbons (Fsp3) is 0.545. The number of furan rings is 1. The number of nitriles is 1. The zero-order chi connectivity index (χ0) is 12.3. The third-order valence-electron chi connectivity index (χ3n) is 2.91. The summed E-state index contributed by atoms with van der Waals surface area (Å²) in [6.45, 7) is 0.901.